The molecule has 34 heavy (non-hydrogen) atoms. The van der Waals surface area contributed by atoms with Gasteiger partial charge in [-0.25, -0.2) is 8.42 Å². The first kappa shape index (κ1) is 23.3. The molecule has 1 amide bonds. The van der Waals surface area contributed by atoms with Crippen LogP contribution < -0.4 is 10.0 Å². The van der Waals surface area contributed by atoms with Crippen LogP contribution >= 0.6 is 0 Å². The third-order valence-electron chi connectivity index (χ3n) is 5.38. The molecule has 8 nitrogen and oxygen atoms in total. The van der Waals surface area contributed by atoms with Crippen molar-refractivity contribution in [1.29, 1.82) is 0 Å². The average molecular weight is 479 g/mol. The van der Waals surface area contributed by atoms with Crippen LogP contribution in [0.2, 0.25) is 0 Å². The Bertz CT molecular complexity index is 1380. The molecule has 0 saturated carbocycles. The number of ether oxygens (including phenoxy) is 1. The molecule has 2 N–H and O–H groups in total. The summed E-state index contributed by atoms with van der Waals surface area (Å²) in [5, 5.41) is 2.53. The summed E-state index contributed by atoms with van der Waals surface area (Å²) in [6.45, 7) is 0.221. The van der Waals surface area contributed by atoms with E-state index in [1.165, 1.54) is 36.8 Å². The second-order valence-corrected chi connectivity index (χ2v) is 9.59. The maximum Gasteiger partial charge on any atom is 0.321 e. The lowest BCUT2D eigenvalue weighted by Crippen LogP contribution is -2.31. The summed E-state index contributed by atoms with van der Waals surface area (Å²) in [7, 11) is -3.98. The van der Waals surface area contributed by atoms with Crippen LogP contribution in [-0.4, -0.2) is 39.2 Å². The van der Waals surface area contributed by atoms with Crippen LogP contribution in [0.25, 0.3) is 11.1 Å². The summed E-state index contributed by atoms with van der Waals surface area (Å²) in [6.07, 6.45) is 0.811. The molecule has 4 rings (SSSR count). The number of ketones is 1. The van der Waals surface area contributed by atoms with Crippen LogP contribution in [0.3, 0.4) is 0 Å². The van der Waals surface area contributed by atoms with Crippen LogP contribution in [0, 0.1) is 0 Å². The Hall–Kier alpha value is -3.82. The number of carbonyl (C=O) groups is 3. The van der Waals surface area contributed by atoms with Crippen LogP contribution in [0.15, 0.2) is 71.6 Å². The van der Waals surface area contributed by atoms with E-state index in [4.69, 9.17) is 4.74 Å². The van der Waals surface area contributed by atoms with Gasteiger partial charge in [0.05, 0.1) is 4.90 Å². The average Bonchev–Trinajstić information content (AvgIpc) is 3.19. The van der Waals surface area contributed by atoms with Gasteiger partial charge in [0, 0.05) is 18.2 Å². The van der Waals surface area contributed by atoms with Crippen LogP contribution in [0.4, 0.5) is 5.69 Å². The molecule has 0 radical (unpaired) electrons. The minimum atomic E-state index is -3.98. The molecular formula is C25H22N2O6S. The van der Waals surface area contributed by atoms with Crippen molar-refractivity contribution >= 4 is 33.4 Å². The van der Waals surface area contributed by atoms with Crippen molar-refractivity contribution in [3.05, 3.63) is 83.4 Å². The lowest BCUT2D eigenvalue weighted by Gasteiger charge is -2.09. The van der Waals surface area contributed by atoms with Crippen molar-refractivity contribution in [2.24, 2.45) is 0 Å². The predicted molar refractivity (Wildman–Crippen MR) is 126 cm³/mol. The molecule has 0 spiro atoms. The number of sulfonamides is 1. The number of benzene rings is 3. The first-order valence-corrected chi connectivity index (χ1v) is 12.0. The van der Waals surface area contributed by atoms with Gasteiger partial charge in [-0.15, -0.1) is 0 Å². The number of amides is 1. The monoisotopic (exact) mass is 478 g/mol. The zero-order chi connectivity index (χ0) is 24.3. The number of hydrogen-bond acceptors (Lipinski definition) is 6. The number of fused-ring (bicyclic) bond motifs is 3. The Morgan fingerprint density at radius 1 is 0.912 bits per heavy atom. The van der Waals surface area contributed by atoms with E-state index >= 15 is 0 Å². The summed E-state index contributed by atoms with van der Waals surface area (Å²) < 4.78 is 31.9. The smallest absolute Gasteiger partial charge is 0.321 e. The van der Waals surface area contributed by atoms with Crippen molar-refractivity contribution in [3.63, 3.8) is 0 Å². The lowest BCUT2D eigenvalue weighted by molar-refractivity contribution is -0.141. The molecule has 0 fully saturated rings. The van der Waals surface area contributed by atoms with E-state index in [1.807, 2.05) is 24.3 Å². The molecule has 0 bridgehead atoms. The van der Waals surface area contributed by atoms with Crippen LogP contribution in [-0.2, 0) is 30.8 Å². The van der Waals surface area contributed by atoms with Gasteiger partial charge in [0.2, 0.25) is 15.9 Å². The highest BCUT2D eigenvalue weighted by Crippen LogP contribution is 2.36. The van der Waals surface area contributed by atoms with E-state index in [9.17, 15) is 22.8 Å². The second kappa shape index (κ2) is 9.58. The number of rotatable bonds is 8. The minimum Gasteiger partial charge on any atom is -0.456 e. The van der Waals surface area contributed by atoms with Crippen molar-refractivity contribution in [3.8, 4) is 11.1 Å². The molecular weight excluding hydrogens is 456 g/mol. The SMILES string of the molecule is CC(=O)Nc1ccc(S(=O)(=O)NCC(=O)OCC(=O)c2ccc3c(c2)-c2ccccc2C3)cc1. The van der Waals surface area contributed by atoms with E-state index in [-0.39, 0.29) is 16.6 Å². The summed E-state index contributed by atoms with van der Waals surface area (Å²) >= 11 is 0. The zero-order valence-corrected chi connectivity index (χ0v) is 19.1. The van der Waals surface area contributed by atoms with Crippen LogP contribution in [0.5, 0.6) is 0 Å². The van der Waals surface area contributed by atoms with Crippen molar-refractivity contribution in [2.45, 2.75) is 18.2 Å². The molecule has 0 saturated heterocycles. The van der Waals surface area contributed by atoms with Gasteiger partial charge in [-0.3, -0.25) is 14.4 Å². The molecule has 1 aliphatic carbocycles. The molecule has 3 aromatic carbocycles. The Morgan fingerprint density at radius 3 is 2.35 bits per heavy atom. The predicted octanol–water partition coefficient (Wildman–Crippen LogP) is 2.92. The fourth-order valence-corrected chi connectivity index (χ4v) is 4.70. The molecule has 0 unspecified atom stereocenters. The fraction of sp³-hybridized carbons (Fsp3) is 0.160. The van der Waals surface area contributed by atoms with Gasteiger partial charge < -0.3 is 10.1 Å². The van der Waals surface area contributed by atoms with Crippen molar-refractivity contribution in [2.75, 3.05) is 18.5 Å². The summed E-state index contributed by atoms with van der Waals surface area (Å²) in [6, 6.07) is 18.8. The van der Waals surface area contributed by atoms with Gasteiger partial charge in [0.15, 0.2) is 12.4 Å². The largest absolute Gasteiger partial charge is 0.456 e. The van der Waals surface area contributed by atoms with Gasteiger partial charge in [-0.2, -0.15) is 4.72 Å². The Morgan fingerprint density at radius 2 is 1.62 bits per heavy atom. The van der Waals surface area contributed by atoms with Gasteiger partial charge in [-0.1, -0.05) is 36.4 Å². The molecule has 9 heteroatoms. The first-order chi connectivity index (χ1) is 16.2. The maximum absolute atomic E-state index is 12.5. The topological polar surface area (TPSA) is 119 Å². The Labute approximate surface area is 197 Å². The number of esters is 1. The third-order valence-corrected chi connectivity index (χ3v) is 6.79. The molecule has 1 aliphatic rings. The Kier molecular flexibility index (Phi) is 6.58. The molecule has 0 heterocycles. The van der Waals surface area contributed by atoms with E-state index in [1.54, 1.807) is 12.1 Å². The van der Waals surface area contributed by atoms with Crippen LogP contribution in [0.1, 0.15) is 28.4 Å². The van der Waals surface area contributed by atoms with E-state index in [0.717, 1.165) is 23.1 Å². The van der Waals surface area contributed by atoms with E-state index in [0.29, 0.717) is 11.3 Å². The quantitative estimate of drug-likeness (QED) is 0.297. The first-order valence-electron chi connectivity index (χ1n) is 10.5. The molecule has 0 aromatic heterocycles. The normalized spacial score (nSPS) is 11.9. The molecule has 0 aliphatic heterocycles. The highest BCUT2D eigenvalue weighted by atomic mass is 32.2. The maximum atomic E-state index is 12.5. The van der Waals surface area contributed by atoms with E-state index in [2.05, 4.69) is 16.1 Å². The number of anilines is 1. The number of Topliss-reactive ketones (excluding diaryl/α,β-unsaturated/α-hetero) is 1. The molecule has 0 atom stereocenters. The summed E-state index contributed by atoms with van der Waals surface area (Å²) in [5.41, 5.74) is 5.27. The summed E-state index contributed by atoms with van der Waals surface area (Å²) in [5.74, 6) is -1.54. The zero-order valence-electron chi connectivity index (χ0n) is 18.3. The highest BCUT2D eigenvalue weighted by Gasteiger charge is 2.21. The van der Waals surface area contributed by atoms with Gasteiger partial charge in [0.1, 0.15) is 6.54 Å². The van der Waals surface area contributed by atoms with Gasteiger partial charge in [-0.05, 0) is 59.0 Å². The fourth-order valence-electron chi connectivity index (χ4n) is 3.74. The van der Waals surface area contributed by atoms with E-state index < -0.39 is 29.1 Å². The number of nitrogens with one attached hydrogen (secondary N) is 2. The third kappa shape index (κ3) is 5.22. The number of hydrogen-bond donors (Lipinski definition) is 2. The second-order valence-electron chi connectivity index (χ2n) is 7.82. The Balaban J connectivity index is 1.31. The van der Waals surface area contributed by atoms with Gasteiger partial charge >= 0.3 is 5.97 Å². The summed E-state index contributed by atoms with van der Waals surface area (Å²) in [4.78, 5) is 35.6. The standard InChI is InChI=1S/C25H22N2O6S/c1-16(28)27-20-8-10-21(11-9-20)34(31,32)26-14-25(30)33-15-24(29)19-7-6-18-12-17-4-2-3-5-22(17)23(18)13-19/h2-11,13,26H,12,14-15H2,1H3,(H,27,28). The highest BCUT2D eigenvalue weighted by molar-refractivity contribution is 7.89. The van der Waals surface area contributed by atoms with Crippen molar-refractivity contribution < 1.29 is 27.5 Å². The minimum absolute atomic E-state index is 0.0797. The molecule has 3 aromatic rings. The molecule has 174 valence electrons. The van der Waals surface area contributed by atoms with Gasteiger partial charge in [0.25, 0.3) is 0 Å². The number of carbonyl (C=O) groups excluding carboxylic acids is 3. The van der Waals surface area contributed by atoms with Crippen molar-refractivity contribution in [1.82, 2.24) is 4.72 Å². The lowest BCUT2D eigenvalue weighted by atomic mass is 10.0.